The van der Waals surface area contributed by atoms with E-state index in [0.29, 0.717) is 18.2 Å². The van der Waals surface area contributed by atoms with Gasteiger partial charge in [0.05, 0.1) is 11.8 Å². The summed E-state index contributed by atoms with van der Waals surface area (Å²) >= 11 is 7.96. The standard InChI is InChI=1S/C17H18ClN3OS/c1-21-17(18)14(16(20-21)12-5-3-2-4-6-12)9-19-10-15(22)13-7-8-23-11-13/h2-8,11,15,19,22H,9-10H2,1H3. The third-order valence-corrected chi connectivity index (χ3v) is 4.86. The van der Waals surface area contributed by atoms with Gasteiger partial charge in [-0.1, -0.05) is 41.9 Å². The molecule has 0 amide bonds. The van der Waals surface area contributed by atoms with Gasteiger partial charge in [0.2, 0.25) is 0 Å². The van der Waals surface area contributed by atoms with Gasteiger partial charge in [-0.3, -0.25) is 4.68 Å². The number of nitrogens with zero attached hydrogens (tertiary/aromatic N) is 2. The number of thiophene rings is 1. The Hall–Kier alpha value is -1.66. The maximum atomic E-state index is 10.1. The topological polar surface area (TPSA) is 50.1 Å². The number of aliphatic hydroxyl groups excluding tert-OH is 1. The van der Waals surface area contributed by atoms with Gasteiger partial charge in [-0.2, -0.15) is 16.4 Å². The van der Waals surface area contributed by atoms with E-state index in [0.717, 1.165) is 22.4 Å². The average Bonchev–Trinajstić information content (AvgIpc) is 3.19. The highest BCUT2D eigenvalue weighted by Gasteiger charge is 2.16. The quantitative estimate of drug-likeness (QED) is 0.716. The van der Waals surface area contributed by atoms with Crippen LogP contribution in [0.3, 0.4) is 0 Å². The molecule has 2 aromatic heterocycles. The zero-order valence-corrected chi connectivity index (χ0v) is 14.3. The number of hydrogen-bond donors (Lipinski definition) is 2. The van der Waals surface area contributed by atoms with Gasteiger partial charge in [-0.15, -0.1) is 0 Å². The molecule has 3 aromatic rings. The molecule has 0 fully saturated rings. The van der Waals surface area contributed by atoms with E-state index in [9.17, 15) is 5.11 Å². The van der Waals surface area contributed by atoms with E-state index in [1.54, 1.807) is 16.0 Å². The van der Waals surface area contributed by atoms with Crippen molar-refractivity contribution in [2.75, 3.05) is 6.54 Å². The number of hydrogen-bond acceptors (Lipinski definition) is 4. The maximum Gasteiger partial charge on any atom is 0.131 e. The summed E-state index contributed by atoms with van der Waals surface area (Å²) in [6.07, 6.45) is -0.517. The average molecular weight is 348 g/mol. The summed E-state index contributed by atoms with van der Waals surface area (Å²) in [5.41, 5.74) is 3.78. The van der Waals surface area contributed by atoms with E-state index >= 15 is 0 Å². The van der Waals surface area contributed by atoms with Gasteiger partial charge in [-0.25, -0.2) is 0 Å². The molecule has 1 unspecified atom stereocenters. The zero-order chi connectivity index (χ0) is 16.2. The number of aryl methyl sites for hydroxylation is 1. The molecule has 0 spiro atoms. The molecule has 1 aromatic carbocycles. The second-order valence-electron chi connectivity index (χ2n) is 5.31. The van der Waals surface area contributed by atoms with Crippen LogP contribution in [-0.4, -0.2) is 21.4 Å². The molecule has 2 N–H and O–H groups in total. The van der Waals surface area contributed by atoms with Crippen LogP contribution in [0.2, 0.25) is 5.15 Å². The van der Waals surface area contributed by atoms with Crippen molar-refractivity contribution in [3.63, 3.8) is 0 Å². The van der Waals surface area contributed by atoms with Gasteiger partial charge in [0, 0.05) is 31.3 Å². The Kier molecular flexibility index (Phi) is 5.13. The van der Waals surface area contributed by atoms with Crippen LogP contribution in [0.25, 0.3) is 11.3 Å². The van der Waals surface area contributed by atoms with Crippen molar-refractivity contribution in [1.82, 2.24) is 15.1 Å². The van der Waals surface area contributed by atoms with Crippen LogP contribution in [0, 0.1) is 0 Å². The van der Waals surface area contributed by atoms with Crippen LogP contribution in [0.1, 0.15) is 17.2 Å². The van der Waals surface area contributed by atoms with Crippen LogP contribution in [0.5, 0.6) is 0 Å². The van der Waals surface area contributed by atoms with Crippen LogP contribution in [0.15, 0.2) is 47.2 Å². The third-order valence-electron chi connectivity index (χ3n) is 3.68. The molecule has 23 heavy (non-hydrogen) atoms. The summed E-state index contributed by atoms with van der Waals surface area (Å²) in [7, 11) is 1.83. The second-order valence-corrected chi connectivity index (χ2v) is 6.45. The molecule has 3 rings (SSSR count). The Morgan fingerprint density at radius 3 is 2.78 bits per heavy atom. The second kappa shape index (κ2) is 7.27. The molecule has 4 nitrogen and oxygen atoms in total. The largest absolute Gasteiger partial charge is 0.387 e. The smallest absolute Gasteiger partial charge is 0.131 e. The Labute approximate surface area is 144 Å². The van der Waals surface area contributed by atoms with Crippen LogP contribution in [-0.2, 0) is 13.6 Å². The molecule has 0 aliphatic rings. The fourth-order valence-corrected chi connectivity index (χ4v) is 3.35. The van der Waals surface area contributed by atoms with Crippen molar-refractivity contribution in [3.05, 3.63) is 63.4 Å². The normalized spacial score (nSPS) is 12.5. The van der Waals surface area contributed by atoms with E-state index in [2.05, 4.69) is 10.4 Å². The number of halogens is 1. The molecule has 0 aliphatic carbocycles. The maximum absolute atomic E-state index is 10.1. The van der Waals surface area contributed by atoms with E-state index < -0.39 is 6.10 Å². The first-order valence-corrected chi connectivity index (χ1v) is 8.66. The predicted molar refractivity (Wildman–Crippen MR) is 94.6 cm³/mol. The highest BCUT2D eigenvalue weighted by molar-refractivity contribution is 7.07. The Morgan fingerprint density at radius 2 is 2.09 bits per heavy atom. The highest BCUT2D eigenvalue weighted by Crippen LogP contribution is 2.28. The van der Waals surface area contributed by atoms with Gasteiger partial charge in [0.1, 0.15) is 5.15 Å². The molecular weight excluding hydrogens is 330 g/mol. The van der Waals surface area contributed by atoms with Gasteiger partial charge in [0.15, 0.2) is 0 Å². The molecular formula is C17H18ClN3OS. The Morgan fingerprint density at radius 1 is 1.30 bits per heavy atom. The summed E-state index contributed by atoms with van der Waals surface area (Å²) in [4.78, 5) is 0. The molecule has 0 aliphatic heterocycles. The molecule has 0 radical (unpaired) electrons. The number of rotatable bonds is 6. The summed E-state index contributed by atoms with van der Waals surface area (Å²) in [6.45, 7) is 1.02. The fourth-order valence-electron chi connectivity index (χ4n) is 2.45. The van der Waals surface area contributed by atoms with Crippen molar-refractivity contribution in [2.24, 2.45) is 7.05 Å². The number of benzene rings is 1. The van der Waals surface area contributed by atoms with E-state index in [1.807, 2.05) is 54.2 Å². The monoisotopic (exact) mass is 347 g/mol. The van der Waals surface area contributed by atoms with Crippen molar-refractivity contribution in [2.45, 2.75) is 12.6 Å². The molecule has 2 heterocycles. The summed E-state index contributed by atoms with van der Waals surface area (Å²) in [6, 6.07) is 11.9. The van der Waals surface area contributed by atoms with Crippen LogP contribution in [0.4, 0.5) is 0 Å². The number of aliphatic hydroxyl groups is 1. The molecule has 120 valence electrons. The van der Waals surface area contributed by atoms with Crippen LogP contribution < -0.4 is 5.32 Å². The van der Waals surface area contributed by atoms with E-state index in [4.69, 9.17) is 11.6 Å². The Bertz CT molecular complexity index is 756. The van der Waals surface area contributed by atoms with Crippen molar-refractivity contribution in [3.8, 4) is 11.3 Å². The van der Waals surface area contributed by atoms with Crippen molar-refractivity contribution >= 4 is 22.9 Å². The molecule has 0 bridgehead atoms. The lowest BCUT2D eigenvalue weighted by Crippen LogP contribution is -2.21. The minimum Gasteiger partial charge on any atom is -0.387 e. The van der Waals surface area contributed by atoms with Crippen molar-refractivity contribution < 1.29 is 5.11 Å². The van der Waals surface area contributed by atoms with Gasteiger partial charge >= 0.3 is 0 Å². The molecule has 0 saturated carbocycles. The summed E-state index contributed by atoms with van der Waals surface area (Å²) < 4.78 is 1.68. The number of aromatic nitrogens is 2. The number of nitrogens with one attached hydrogen (secondary N) is 1. The lowest BCUT2D eigenvalue weighted by molar-refractivity contribution is 0.175. The van der Waals surface area contributed by atoms with Crippen LogP contribution >= 0.6 is 22.9 Å². The lowest BCUT2D eigenvalue weighted by atomic mass is 10.1. The minimum absolute atomic E-state index is 0.468. The lowest BCUT2D eigenvalue weighted by Gasteiger charge is -2.11. The fraction of sp³-hybridized carbons (Fsp3) is 0.235. The van der Waals surface area contributed by atoms with Crippen molar-refractivity contribution in [1.29, 1.82) is 0 Å². The van der Waals surface area contributed by atoms with Gasteiger partial charge in [0.25, 0.3) is 0 Å². The first-order chi connectivity index (χ1) is 11.2. The zero-order valence-electron chi connectivity index (χ0n) is 12.7. The predicted octanol–water partition coefficient (Wildman–Crippen LogP) is 3.63. The summed E-state index contributed by atoms with van der Waals surface area (Å²) in [5.74, 6) is 0. The molecule has 0 saturated heterocycles. The highest BCUT2D eigenvalue weighted by atomic mass is 35.5. The van der Waals surface area contributed by atoms with E-state index in [-0.39, 0.29) is 0 Å². The first kappa shape index (κ1) is 16.2. The third kappa shape index (κ3) is 3.64. The van der Waals surface area contributed by atoms with E-state index in [1.165, 1.54) is 0 Å². The molecule has 1 atom stereocenters. The Balaban J connectivity index is 1.73. The SMILES string of the molecule is Cn1nc(-c2ccccc2)c(CNCC(O)c2ccsc2)c1Cl. The first-order valence-electron chi connectivity index (χ1n) is 7.34. The molecule has 6 heteroatoms. The minimum atomic E-state index is -0.517. The van der Waals surface area contributed by atoms with Gasteiger partial charge < -0.3 is 10.4 Å². The summed E-state index contributed by atoms with van der Waals surface area (Å²) in [5, 5.41) is 22.5. The van der Waals surface area contributed by atoms with Gasteiger partial charge in [-0.05, 0) is 22.4 Å².